The number of aromatic nitrogens is 2. The van der Waals surface area contributed by atoms with Crippen molar-refractivity contribution in [1.82, 2.24) is 9.97 Å². The standard InChI is InChI=1S/C11H10N2O3S/c1-6-5-8(10(14)15)13-11(12-6)17-9-3-4-16-7(9)2/h3-5H,1-2H3,(H,14,15). The van der Waals surface area contributed by atoms with Crippen LogP contribution in [0.25, 0.3) is 0 Å². The number of carboxylic acids is 1. The maximum Gasteiger partial charge on any atom is 0.354 e. The first-order chi connectivity index (χ1) is 8.06. The Balaban J connectivity index is 2.33. The van der Waals surface area contributed by atoms with E-state index < -0.39 is 5.97 Å². The number of nitrogens with zero attached hydrogens (tertiary/aromatic N) is 2. The van der Waals surface area contributed by atoms with Crippen LogP contribution in [0.4, 0.5) is 0 Å². The minimum Gasteiger partial charge on any atom is -0.477 e. The van der Waals surface area contributed by atoms with Gasteiger partial charge in [-0.25, -0.2) is 14.8 Å². The molecule has 0 saturated heterocycles. The molecule has 17 heavy (non-hydrogen) atoms. The Hall–Kier alpha value is -1.82. The summed E-state index contributed by atoms with van der Waals surface area (Å²) in [7, 11) is 0. The van der Waals surface area contributed by atoms with Gasteiger partial charge < -0.3 is 9.52 Å². The molecule has 0 radical (unpaired) electrons. The third kappa shape index (κ3) is 2.65. The molecule has 0 atom stereocenters. The molecule has 0 saturated carbocycles. The lowest BCUT2D eigenvalue weighted by Crippen LogP contribution is -2.03. The maximum atomic E-state index is 10.9. The van der Waals surface area contributed by atoms with Crippen LogP contribution in [0.2, 0.25) is 0 Å². The Kier molecular flexibility index (Phi) is 3.14. The van der Waals surface area contributed by atoms with Crippen LogP contribution in [-0.4, -0.2) is 21.0 Å². The zero-order valence-electron chi connectivity index (χ0n) is 9.30. The summed E-state index contributed by atoms with van der Waals surface area (Å²) in [5.41, 5.74) is 0.627. The summed E-state index contributed by atoms with van der Waals surface area (Å²) in [5.74, 6) is -0.293. The van der Waals surface area contributed by atoms with Gasteiger partial charge in [0.25, 0.3) is 0 Å². The van der Waals surface area contributed by atoms with E-state index in [2.05, 4.69) is 9.97 Å². The van der Waals surface area contributed by atoms with E-state index in [1.54, 1.807) is 19.3 Å². The van der Waals surface area contributed by atoms with Crippen molar-refractivity contribution < 1.29 is 14.3 Å². The van der Waals surface area contributed by atoms with Crippen molar-refractivity contribution in [2.24, 2.45) is 0 Å². The van der Waals surface area contributed by atoms with Crippen molar-refractivity contribution in [1.29, 1.82) is 0 Å². The van der Waals surface area contributed by atoms with Gasteiger partial charge in [-0.15, -0.1) is 0 Å². The first-order valence-electron chi connectivity index (χ1n) is 4.87. The van der Waals surface area contributed by atoms with Gasteiger partial charge in [-0.3, -0.25) is 0 Å². The third-order valence-corrected chi connectivity index (χ3v) is 3.07. The molecule has 1 N–H and O–H groups in total. The summed E-state index contributed by atoms with van der Waals surface area (Å²) in [6.45, 7) is 3.57. The highest BCUT2D eigenvalue weighted by atomic mass is 32.2. The number of hydrogen-bond donors (Lipinski definition) is 1. The first-order valence-corrected chi connectivity index (χ1v) is 5.69. The van der Waals surface area contributed by atoms with E-state index in [9.17, 15) is 4.79 Å². The Bertz CT molecular complexity index is 566. The lowest BCUT2D eigenvalue weighted by Gasteiger charge is -2.01. The van der Waals surface area contributed by atoms with Crippen molar-refractivity contribution >= 4 is 17.7 Å². The molecule has 2 rings (SSSR count). The number of aromatic carboxylic acids is 1. The third-order valence-electron chi connectivity index (χ3n) is 2.07. The van der Waals surface area contributed by atoms with Crippen LogP contribution in [0.5, 0.6) is 0 Å². The molecule has 0 aliphatic rings. The van der Waals surface area contributed by atoms with Gasteiger partial charge in [-0.2, -0.15) is 0 Å². The predicted octanol–water partition coefficient (Wildman–Crippen LogP) is 2.54. The molecule has 6 heteroatoms. The number of furan rings is 1. The second-order valence-electron chi connectivity index (χ2n) is 3.43. The molecule has 2 heterocycles. The fraction of sp³-hybridized carbons (Fsp3) is 0.182. The molecule has 0 aliphatic carbocycles. The highest BCUT2D eigenvalue weighted by Gasteiger charge is 2.11. The van der Waals surface area contributed by atoms with Crippen molar-refractivity contribution in [2.45, 2.75) is 23.9 Å². The Labute approximate surface area is 102 Å². The van der Waals surface area contributed by atoms with Gasteiger partial charge in [-0.1, -0.05) is 0 Å². The monoisotopic (exact) mass is 250 g/mol. The summed E-state index contributed by atoms with van der Waals surface area (Å²) >= 11 is 1.29. The van der Waals surface area contributed by atoms with Crippen LogP contribution in [0.1, 0.15) is 21.9 Å². The molecule has 0 aromatic carbocycles. The van der Waals surface area contributed by atoms with Gasteiger partial charge in [0.2, 0.25) is 0 Å². The smallest absolute Gasteiger partial charge is 0.354 e. The molecule has 0 aliphatic heterocycles. The lowest BCUT2D eigenvalue weighted by atomic mass is 10.3. The van der Waals surface area contributed by atoms with Crippen LogP contribution in [-0.2, 0) is 0 Å². The van der Waals surface area contributed by atoms with Gasteiger partial charge in [0.15, 0.2) is 10.9 Å². The van der Waals surface area contributed by atoms with Crippen LogP contribution < -0.4 is 0 Å². The van der Waals surface area contributed by atoms with Gasteiger partial charge in [0.05, 0.1) is 11.2 Å². The molecule has 0 bridgehead atoms. The lowest BCUT2D eigenvalue weighted by molar-refractivity contribution is 0.0689. The molecule has 5 nitrogen and oxygen atoms in total. The molecule has 0 amide bonds. The topological polar surface area (TPSA) is 76.2 Å². The van der Waals surface area contributed by atoms with Gasteiger partial charge in [0.1, 0.15) is 5.76 Å². The Morgan fingerprint density at radius 3 is 2.76 bits per heavy atom. The zero-order valence-corrected chi connectivity index (χ0v) is 10.1. The summed E-state index contributed by atoms with van der Waals surface area (Å²) < 4.78 is 5.15. The van der Waals surface area contributed by atoms with E-state index in [0.717, 1.165) is 10.7 Å². The van der Waals surface area contributed by atoms with E-state index in [1.807, 2.05) is 6.92 Å². The normalized spacial score (nSPS) is 10.5. The fourth-order valence-electron chi connectivity index (χ4n) is 1.27. The van der Waals surface area contributed by atoms with Gasteiger partial charge in [0, 0.05) is 5.69 Å². The zero-order chi connectivity index (χ0) is 12.4. The van der Waals surface area contributed by atoms with Crippen molar-refractivity contribution in [3.8, 4) is 0 Å². The highest BCUT2D eigenvalue weighted by Crippen LogP contribution is 2.28. The minimum atomic E-state index is -1.05. The van der Waals surface area contributed by atoms with Crippen LogP contribution >= 0.6 is 11.8 Å². The number of hydrogen-bond acceptors (Lipinski definition) is 5. The van der Waals surface area contributed by atoms with Crippen LogP contribution in [0.15, 0.2) is 32.9 Å². The van der Waals surface area contributed by atoms with Crippen LogP contribution in [0, 0.1) is 13.8 Å². The number of carbonyl (C=O) groups is 1. The van der Waals surface area contributed by atoms with Crippen molar-refractivity contribution in [3.05, 3.63) is 35.5 Å². The summed E-state index contributed by atoms with van der Waals surface area (Å²) in [4.78, 5) is 19.9. The average Bonchev–Trinajstić information content (AvgIpc) is 2.63. The average molecular weight is 250 g/mol. The van der Waals surface area contributed by atoms with Crippen molar-refractivity contribution in [2.75, 3.05) is 0 Å². The molecule has 0 fully saturated rings. The van der Waals surface area contributed by atoms with E-state index in [-0.39, 0.29) is 5.69 Å². The second kappa shape index (κ2) is 4.58. The SMILES string of the molecule is Cc1cc(C(=O)O)nc(Sc2ccoc2C)n1. The molecule has 0 unspecified atom stereocenters. The second-order valence-corrected chi connectivity index (χ2v) is 4.43. The summed E-state index contributed by atoms with van der Waals surface area (Å²) in [5, 5.41) is 9.31. The molecule has 88 valence electrons. The molecule has 2 aromatic rings. The predicted molar refractivity (Wildman–Crippen MR) is 61.3 cm³/mol. The maximum absolute atomic E-state index is 10.9. The quantitative estimate of drug-likeness (QED) is 0.843. The number of carboxylic acid groups (broad SMARTS) is 1. The number of rotatable bonds is 3. The number of aryl methyl sites for hydroxylation is 2. The Morgan fingerprint density at radius 2 is 2.18 bits per heavy atom. The fourth-order valence-corrected chi connectivity index (χ4v) is 2.12. The summed E-state index contributed by atoms with van der Waals surface area (Å²) in [6.07, 6.45) is 1.57. The van der Waals surface area contributed by atoms with Gasteiger partial charge >= 0.3 is 5.97 Å². The van der Waals surface area contributed by atoms with E-state index in [4.69, 9.17) is 9.52 Å². The van der Waals surface area contributed by atoms with E-state index in [1.165, 1.54) is 17.8 Å². The van der Waals surface area contributed by atoms with Crippen LogP contribution in [0.3, 0.4) is 0 Å². The first kappa shape index (κ1) is 11.7. The van der Waals surface area contributed by atoms with E-state index in [0.29, 0.717) is 10.9 Å². The van der Waals surface area contributed by atoms with Crippen molar-refractivity contribution in [3.63, 3.8) is 0 Å². The molecular formula is C11H10N2O3S. The van der Waals surface area contributed by atoms with E-state index >= 15 is 0 Å². The molecule has 2 aromatic heterocycles. The largest absolute Gasteiger partial charge is 0.477 e. The molecule has 0 spiro atoms. The summed E-state index contributed by atoms with van der Waals surface area (Å²) in [6, 6.07) is 3.24. The minimum absolute atomic E-state index is 0.00106. The van der Waals surface area contributed by atoms with Gasteiger partial charge in [-0.05, 0) is 37.7 Å². The Morgan fingerprint density at radius 1 is 1.41 bits per heavy atom. The molecular weight excluding hydrogens is 240 g/mol. The highest BCUT2D eigenvalue weighted by molar-refractivity contribution is 7.99.